The van der Waals surface area contributed by atoms with E-state index >= 15 is 0 Å². The second-order valence-corrected chi connectivity index (χ2v) is 4.09. The van der Waals surface area contributed by atoms with Gasteiger partial charge in [0, 0.05) is 27.9 Å². The van der Waals surface area contributed by atoms with Gasteiger partial charge in [-0.25, -0.2) is 0 Å². The molecule has 0 radical (unpaired) electrons. The minimum Gasteiger partial charge on any atom is -0.463 e. The molecule has 8 heteroatoms. The van der Waals surface area contributed by atoms with Crippen molar-refractivity contribution in [2.24, 2.45) is 0 Å². The standard InChI is InChI=1S/C12H18O8/c1-6(13)17-5-9-10(18-7(2)14)11(19-8(3)15)12(16-4)20-9/h9-12H,5H2,1-4H3/t9-,10-,11-,12?/m1/s1/i12D. The SMILES string of the molecule is [2H]C1(OC)O[C@H](COC(C)=O)[C@@H](OC(C)=O)[C@H]1OC(C)=O. The summed E-state index contributed by atoms with van der Waals surface area (Å²) >= 11 is 0. The molecule has 0 aromatic heterocycles. The zero-order valence-electron chi connectivity index (χ0n) is 12.7. The molecule has 0 aromatic carbocycles. The molecule has 4 atom stereocenters. The van der Waals surface area contributed by atoms with Gasteiger partial charge in [0.2, 0.25) is 0 Å². The number of methoxy groups -OCH3 is 1. The van der Waals surface area contributed by atoms with Crippen LogP contribution in [0.5, 0.6) is 0 Å². The van der Waals surface area contributed by atoms with Gasteiger partial charge >= 0.3 is 17.9 Å². The Hall–Kier alpha value is -1.67. The molecule has 1 aliphatic rings. The van der Waals surface area contributed by atoms with E-state index in [1.807, 2.05) is 0 Å². The third kappa shape index (κ3) is 4.46. The first-order chi connectivity index (χ1) is 9.69. The molecule has 0 N–H and O–H groups in total. The highest BCUT2D eigenvalue weighted by atomic mass is 16.7. The summed E-state index contributed by atoms with van der Waals surface area (Å²) in [5.74, 6) is -1.92. The maximum absolute atomic E-state index is 11.2. The molecule has 8 nitrogen and oxygen atoms in total. The first-order valence-corrected chi connectivity index (χ1v) is 5.90. The number of hydrogen-bond acceptors (Lipinski definition) is 8. The quantitative estimate of drug-likeness (QED) is 0.507. The molecule has 0 saturated carbocycles. The lowest BCUT2D eigenvalue weighted by atomic mass is 10.1. The second kappa shape index (κ2) is 7.20. The van der Waals surface area contributed by atoms with E-state index in [1.165, 1.54) is 14.0 Å². The normalized spacial score (nSPS) is 33.2. The van der Waals surface area contributed by atoms with Crippen molar-refractivity contribution in [1.29, 1.82) is 0 Å². The third-order valence-corrected chi connectivity index (χ3v) is 2.41. The average Bonchev–Trinajstić information content (AvgIpc) is 2.61. The molecular weight excluding hydrogens is 272 g/mol. The highest BCUT2D eigenvalue weighted by Gasteiger charge is 2.49. The summed E-state index contributed by atoms with van der Waals surface area (Å²) in [7, 11) is 1.18. The fourth-order valence-corrected chi connectivity index (χ4v) is 1.73. The van der Waals surface area contributed by atoms with Gasteiger partial charge in [-0.1, -0.05) is 0 Å². The third-order valence-electron chi connectivity index (χ3n) is 2.41. The molecule has 20 heavy (non-hydrogen) atoms. The Morgan fingerprint density at radius 3 is 2.05 bits per heavy atom. The lowest BCUT2D eigenvalue weighted by molar-refractivity contribution is -0.181. The average molecular weight is 291 g/mol. The zero-order valence-corrected chi connectivity index (χ0v) is 11.7. The van der Waals surface area contributed by atoms with E-state index in [9.17, 15) is 14.4 Å². The number of rotatable bonds is 5. The zero-order chi connectivity index (χ0) is 16.2. The van der Waals surface area contributed by atoms with Gasteiger partial charge in [0.1, 0.15) is 12.7 Å². The Balaban J connectivity index is 2.99. The van der Waals surface area contributed by atoms with E-state index in [-0.39, 0.29) is 6.61 Å². The smallest absolute Gasteiger partial charge is 0.303 e. The summed E-state index contributed by atoms with van der Waals surface area (Å²) in [6.45, 7) is 3.23. The van der Waals surface area contributed by atoms with Gasteiger partial charge in [-0.05, 0) is 0 Å². The summed E-state index contributed by atoms with van der Waals surface area (Å²) in [6.07, 6.45) is -5.47. The van der Waals surface area contributed by atoms with Crippen molar-refractivity contribution in [3.05, 3.63) is 0 Å². The van der Waals surface area contributed by atoms with Crippen LogP contribution >= 0.6 is 0 Å². The number of carbonyl (C=O) groups excluding carboxylic acids is 3. The summed E-state index contributed by atoms with van der Waals surface area (Å²) in [6, 6.07) is 0. The summed E-state index contributed by atoms with van der Waals surface area (Å²) < 4.78 is 33.0. The number of carbonyl (C=O) groups is 3. The maximum atomic E-state index is 11.2. The molecule has 0 spiro atoms. The van der Waals surface area contributed by atoms with Crippen LogP contribution in [0.1, 0.15) is 22.1 Å². The van der Waals surface area contributed by atoms with Crippen LogP contribution in [0.4, 0.5) is 0 Å². The summed E-state index contributed by atoms with van der Waals surface area (Å²) in [5, 5.41) is 0. The molecule has 0 amide bonds. The maximum Gasteiger partial charge on any atom is 0.303 e. The predicted molar refractivity (Wildman–Crippen MR) is 63.4 cm³/mol. The molecule has 114 valence electrons. The van der Waals surface area contributed by atoms with Crippen LogP contribution in [0.25, 0.3) is 0 Å². The van der Waals surface area contributed by atoms with Gasteiger partial charge in [0.15, 0.2) is 18.5 Å². The molecule has 1 rings (SSSR count). The van der Waals surface area contributed by atoms with Crippen LogP contribution in [0.3, 0.4) is 0 Å². The molecule has 1 aliphatic heterocycles. The van der Waals surface area contributed by atoms with Crippen molar-refractivity contribution in [1.82, 2.24) is 0 Å². The molecular formula is C12H18O8. The molecule has 0 aromatic rings. The minimum absolute atomic E-state index is 0.269. The van der Waals surface area contributed by atoms with E-state index in [1.54, 1.807) is 0 Å². The second-order valence-electron chi connectivity index (χ2n) is 4.09. The molecule has 1 saturated heterocycles. The highest BCUT2D eigenvalue weighted by Crippen LogP contribution is 2.27. The van der Waals surface area contributed by atoms with Crippen LogP contribution in [-0.4, -0.2) is 56.2 Å². The molecule has 1 heterocycles. The topological polar surface area (TPSA) is 97.4 Å². The van der Waals surface area contributed by atoms with Gasteiger partial charge in [0.05, 0.1) is 1.37 Å². The van der Waals surface area contributed by atoms with Gasteiger partial charge in [-0.3, -0.25) is 14.4 Å². The van der Waals surface area contributed by atoms with E-state index < -0.39 is 42.5 Å². The Morgan fingerprint density at radius 2 is 1.60 bits per heavy atom. The number of hydrogen-bond donors (Lipinski definition) is 0. The fraction of sp³-hybridized carbons (Fsp3) is 0.750. The van der Waals surface area contributed by atoms with Crippen LogP contribution in [0, 0.1) is 0 Å². The fourth-order valence-electron chi connectivity index (χ4n) is 1.73. The largest absolute Gasteiger partial charge is 0.463 e. The van der Waals surface area contributed by atoms with Crippen molar-refractivity contribution in [2.75, 3.05) is 13.7 Å². The van der Waals surface area contributed by atoms with Crippen molar-refractivity contribution in [3.63, 3.8) is 0 Å². The monoisotopic (exact) mass is 291 g/mol. The molecule has 1 unspecified atom stereocenters. The predicted octanol–water partition coefficient (Wildman–Crippen LogP) is -0.216. The first kappa shape index (κ1) is 14.7. The van der Waals surface area contributed by atoms with Gasteiger partial charge in [-0.2, -0.15) is 0 Å². The Bertz CT molecular complexity index is 425. The lowest BCUT2D eigenvalue weighted by Gasteiger charge is -2.22. The van der Waals surface area contributed by atoms with Crippen molar-refractivity contribution < 1.29 is 39.4 Å². The van der Waals surface area contributed by atoms with Crippen LogP contribution < -0.4 is 0 Å². The van der Waals surface area contributed by atoms with Crippen molar-refractivity contribution in [2.45, 2.75) is 45.3 Å². The van der Waals surface area contributed by atoms with E-state index in [4.69, 9.17) is 25.1 Å². The van der Waals surface area contributed by atoms with E-state index in [0.29, 0.717) is 0 Å². The van der Waals surface area contributed by atoms with Crippen molar-refractivity contribution >= 4 is 17.9 Å². The van der Waals surface area contributed by atoms with Crippen LogP contribution in [0.15, 0.2) is 0 Å². The van der Waals surface area contributed by atoms with Gasteiger partial charge < -0.3 is 23.7 Å². The van der Waals surface area contributed by atoms with Crippen LogP contribution in [0.2, 0.25) is 0 Å². The molecule has 0 bridgehead atoms. The van der Waals surface area contributed by atoms with E-state index in [0.717, 1.165) is 13.8 Å². The summed E-state index contributed by atoms with van der Waals surface area (Å²) in [4.78, 5) is 33.2. The minimum atomic E-state index is -2.06. The summed E-state index contributed by atoms with van der Waals surface area (Å²) in [5.41, 5.74) is 0. The number of esters is 3. The molecule has 0 aliphatic carbocycles. The highest BCUT2D eigenvalue weighted by molar-refractivity contribution is 5.67. The lowest BCUT2D eigenvalue weighted by Crippen LogP contribution is -2.41. The Morgan fingerprint density at radius 1 is 1.05 bits per heavy atom. The first-order valence-electron chi connectivity index (χ1n) is 6.40. The number of ether oxygens (including phenoxy) is 5. The van der Waals surface area contributed by atoms with Gasteiger partial charge in [0.25, 0.3) is 0 Å². The van der Waals surface area contributed by atoms with E-state index in [2.05, 4.69) is 0 Å². The Kier molecular flexibility index (Phi) is 5.31. The molecule has 1 fully saturated rings. The van der Waals surface area contributed by atoms with Crippen molar-refractivity contribution in [3.8, 4) is 0 Å². The van der Waals surface area contributed by atoms with Crippen LogP contribution in [-0.2, 0) is 38.1 Å². The van der Waals surface area contributed by atoms with Gasteiger partial charge in [-0.15, -0.1) is 0 Å². The Labute approximate surface area is 117 Å².